The van der Waals surface area contributed by atoms with Crippen molar-refractivity contribution in [2.75, 3.05) is 31.1 Å². The number of hydrogen-bond acceptors (Lipinski definition) is 3. The van der Waals surface area contributed by atoms with E-state index in [9.17, 15) is 0 Å². The maximum Gasteiger partial charge on any atom is 0.0378 e. The fourth-order valence-corrected chi connectivity index (χ4v) is 3.35. The SMILES string of the molecule is CCC(N)Cc1ccc(N2CCN(C(C)C)CC2)cc1Br. The predicted octanol–water partition coefficient (Wildman–Crippen LogP) is 3.26. The third kappa shape index (κ3) is 4.44. The van der Waals surface area contributed by atoms with Crippen molar-refractivity contribution in [3.63, 3.8) is 0 Å². The van der Waals surface area contributed by atoms with E-state index in [1.165, 1.54) is 15.7 Å². The molecule has 1 aliphatic heterocycles. The molecule has 0 aromatic heterocycles. The minimum atomic E-state index is 0.252. The van der Waals surface area contributed by atoms with E-state index in [1.54, 1.807) is 0 Å². The maximum absolute atomic E-state index is 6.06. The Morgan fingerprint density at radius 3 is 2.38 bits per heavy atom. The minimum Gasteiger partial charge on any atom is -0.369 e. The fourth-order valence-electron chi connectivity index (χ4n) is 2.82. The van der Waals surface area contributed by atoms with Gasteiger partial charge in [-0.1, -0.05) is 28.9 Å². The first kappa shape index (κ1) is 16.8. The van der Waals surface area contributed by atoms with E-state index in [4.69, 9.17) is 5.73 Å². The molecule has 4 heteroatoms. The number of anilines is 1. The molecule has 21 heavy (non-hydrogen) atoms. The Balaban J connectivity index is 2.00. The molecule has 0 saturated carbocycles. The Kier molecular flexibility index (Phi) is 6.08. The van der Waals surface area contributed by atoms with Crippen LogP contribution in [-0.2, 0) is 6.42 Å². The largest absolute Gasteiger partial charge is 0.369 e. The van der Waals surface area contributed by atoms with Crippen molar-refractivity contribution in [3.8, 4) is 0 Å². The van der Waals surface area contributed by atoms with E-state index in [1.807, 2.05) is 0 Å². The lowest BCUT2D eigenvalue weighted by Gasteiger charge is -2.38. The van der Waals surface area contributed by atoms with E-state index < -0.39 is 0 Å². The van der Waals surface area contributed by atoms with Crippen LogP contribution >= 0.6 is 15.9 Å². The van der Waals surface area contributed by atoms with Crippen LogP contribution in [0.25, 0.3) is 0 Å². The molecule has 1 aromatic rings. The Morgan fingerprint density at radius 2 is 1.86 bits per heavy atom. The van der Waals surface area contributed by atoms with E-state index in [0.717, 1.165) is 39.0 Å². The van der Waals surface area contributed by atoms with Crippen LogP contribution in [0.3, 0.4) is 0 Å². The average molecular weight is 354 g/mol. The predicted molar refractivity (Wildman–Crippen MR) is 95.0 cm³/mol. The van der Waals surface area contributed by atoms with Crippen molar-refractivity contribution in [1.82, 2.24) is 4.90 Å². The average Bonchev–Trinajstić information content (AvgIpc) is 2.49. The highest BCUT2D eigenvalue weighted by Crippen LogP contribution is 2.26. The van der Waals surface area contributed by atoms with E-state index in [2.05, 4.69) is 64.7 Å². The second-order valence-electron chi connectivity index (χ2n) is 6.26. The summed E-state index contributed by atoms with van der Waals surface area (Å²) in [6.07, 6.45) is 1.96. The molecule has 0 radical (unpaired) electrons. The van der Waals surface area contributed by atoms with Gasteiger partial charge in [-0.15, -0.1) is 0 Å². The monoisotopic (exact) mass is 353 g/mol. The summed E-state index contributed by atoms with van der Waals surface area (Å²) in [5.41, 5.74) is 8.69. The Morgan fingerprint density at radius 1 is 1.19 bits per heavy atom. The molecule has 0 amide bonds. The molecule has 118 valence electrons. The van der Waals surface area contributed by atoms with Gasteiger partial charge in [0.2, 0.25) is 0 Å². The summed E-state index contributed by atoms with van der Waals surface area (Å²) in [4.78, 5) is 5.02. The van der Waals surface area contributed by atoms with Crippen LogP contribution < -0.4 is 10.6 Å². The van der Waals surface area contributed by atoms with Gasteiger partial charge in [-0.3, -0.25) is 4.90 Å². The molecule has 1 heterocycles. The standard InChI is InChI=1S/C17H28BrN3/c1-4-15(19)11-14-5-6-16(12-17(14)18)21-9-7-20(8-10-21)13(2)3/h5-6,12-13,15H,4,7-11,19H2,1-3H3. The summed E-state index contributed by atoms with van der Waals surface area (Å²) < 4.78 is 1.19. The van der Waals surface area contributed by atoms with Crippen LogP contribution in [0.5, 0.6) is 0 Å². The fraction of sp³-hybridized carbons (Fsp3) is 0.647. The minimum absolute atomic E-state index is 0.252. The molecule has 0 bridgehead atoms. The second kappa shape index (κ2) is 7.61. The van der Waals surface area contributed by atoms with E-state index in [-0.39, 0.29) is 6.04 Å². The third-order valence-electron chi connectivity index (χ3n) is 4.45. The molecule has 1 saturated heterocycles. The first-order chi connectivity index (χ1) is 10.0. The summed E-state index contributed by atoms with van der Waals surface area (Å²) in [5, 5.41) is 0. The molecular formula is C17H28BrN3. The van der Waals surface area contributed by atoms with Crippen LogP contribution in [0, 0.1) is 0 Å². The highest BCUT2D eigenvalue weighted by atomic mass is 79.9. The summed E-state index contributed by atoms with van der Waals surface area (Å²) in [6, 6.07) is 7.62. The molecule has 3 nitrogen and oxygen atoms in total. The third-order valence-corrected chi connectivity index (χ3v) is 5.19. The number of rotatable bonds is 5. The van der Waals surface area contributed by atoms with Crippen molar-refractivity contribution >= 4 is 21.6 Å². The molecule has 2 N–H and O–H groups in total. The lowest BCUT2D eigenvalue weighted by atomic mass is 10.0. The zero-order valence-electron chi connectivity index (χ0n) is 13.5. The molecule has 1 unspecified atom stereocenters. The van der Waals surface area contributed by atoms with Gasteiger partial charge < -0.3 is 10.6 Å². The van der Waals surface area contributed by atoms with Gasteiger partial charge in [-0.05, 0) is 44.4 Å². The number of nitrogens with zero attached hydrogens (tertiary/aromatic N) is 2. The smallest absolute Gasteiger partial charge is 0.0378 e. The van der Waals surface area contributed by atoms with Crippen LogP contribution in [0.4, 0.5) is 5.69 Å². The van der Waals surface area contributed by atoms with Crippen molar-refractivity contribution < 1.29 is 0 Å². The number of benzene rings is 1. The topological polar surface area (TPSA) is 32.5 Å². The Labute approximate surface area is 137 Å². The van der Waals surface area contributed by atoms with Crippen LogP contribution in [0.1, 0.15) is 32.8 Å². The van der Waals surface area contributed by atoms with Crippen molar-refractivity contribution in [3.05, 3.63) is 28.2 Å². The Bertz CT molecular complexity index is 453. The van der Waals surface area contributed by atoms with Gasteiger partial charge in [0, 0.05) is 48.4 Å². The molecule has 2 rings (SSSR count). The zero-order chi connectivity index (χ0) is 15.4. The van der Waals surface area contributed by atoms with Crippen molar-refractivity contribution in [2.45, 2.75) is 45.7 Å². The van der Waals surface area contributed by atoms with Gasteiger partial charge in [0.1, 0.15) is 0 Å². The highest BCUT2D eigenvalue weighted by Gasteiger charge is 2.19. The molecule has 1 atom stereocenters. The normalized spacial score (nSPS) is 18.3. The first-order valence-electron chi connectivity index (χ1n) is 8.04. The van der Waals surface area contributed by atoms with E-state index >= 15 is 0 Å². The first-order valence-corrected chi connectivity index (χ1v) is 8.83. The molecular weight excluding hydrogens is 326 g/mol. The molecule has 1 aliphatic rings. The number of nitrogens with two attached hydrogens (primary N) is 1. The quantitative estimate of drug-likeness (QED) is 0.881. The summed E-state index contributed by atoms with van der Waals surface area (Å²) in [7, 11) is 0. The molecule has 0 spiro atoms. The van der Waals surface area contributed by atoms with Gasteiger partial charge in [-0.2, -0.15) is 0 Å². The van der Waals surface area contributed by atoms with E-state index in [0.29, 0.717) is 6.04 Å². The van der Waals surface area contributed by atoms with Gasteiger partial charge in [0.15, 0.2) is 0 Å². The van der Waals surface area contributed by atoms with Crippen LogP contribution in [0.15, 0.2) is 22.7 Å². The van der Waals surface area contributed by atoms with Crippen molar-refractivity contribution in [2.24, 2.45) is 5.73 Å². The molecule has 0 aliphatic carbocycles. The number of halogens is 1. The van der Waals surface area contributed by atoms with Crippen LogP contribution in [0.2, 0.25) is 0 Å². The second-order valence-corrected chi connectivity index (χ2v) is 7.12. The summed E-state index contributed by atoms with van der Waals surface area (Å²) >= 11 is 3.71. The lowest BCUT2D eigenvalue weighted by Crippen LogP contribution is -2.48. The maximum atomic E-state index is 6.06. The highest BCUT2D eigenvalue weighted by molar-refractivity contribution is 9.10. The summed E-state index contributed by atoms with van der Waals surface area (Å²) in [5.74, 6) is 0. The number of hydrogen-bond donors (Lipinski definition) is 1. The lowest BCUT2D eigenvalue weighted by molar-refractivity contribution is 0.209. The molecule has 1 aromatic carbocycles. The number of piperazine rings is 1. The van der Waals surface area contributed by atoms with Gasteiger partial charge in [0.25, 0.3) is 0 Å². The van der Waals surface area contributed by atoms with Crippen molar-refractivity contribution in [1.29, 1.82) is 0 Å². The van der Waals surface area contributed by atoms with Crippen LogP contribution in [-0.4, -0.2) is 43.2 Å². The van der Waals surface area contributed by atoms with Gasteiger partial charge in [-0.25, -0.2) is 0 Å². The summed E-state index contributed by atoms with van der Waals surface area (Å²) in [6.45, 7) is 11.2. The Hall–Kier alpha value is -0.580. The zero-order valence-corrected chi connectivity index (χ0v) is 15.1. The molecule has 1 fully saturated rings. The van der Waals surface area contributed by atoms with Gasteiger partial charge in [0.05, 0.1) is 0 Å². The van der Waals surface area contributed by atoms with Gasteiger partial charge >= 0.3 is 0 Å².